The zero-order chi connectivity index (χ0) is 14.0. The molecule has 0 aromatic heterocycles. The second kappa shape index (κ2) is 5.39. The van der Waals surface area contributed by atoms with E-state index in [9.17, 15) is 4.57 Å². The lowest BCUT2D eigenvalue weighted by Gasteiger charge is -2.17. The topological polar surface area (TPSA) is 47.6 Å². The van der Waals surface area contributed by atoms with E-state index >= 15 is 0 Å². The van der Waals surface area contributed by atoms with Crippen LogP contribution in [0.15, 0.2) is 48.5 Å². The van der Waals surface area contributed by atoms with E-state index in [-0.39, 0.29) is 12.7 Å². The molecule has 0 atom stereocenters. The van der Waals surface area contributed by atoms with Gasteiger partial charge in [0, 0.05) is 10.7 Å². The van der Waals surface area contributed by atoms with Gasteiger partial charge in [-0.25, -0.2) is 0 Å². The van der Waals surface area contributed by atoms with Crippen LogP contribution in [0, 0.1) is 0 Å². The minimum atomic E-state index is -2.81. The maximum absolute atomic E-state index is 12.8. The van der Waals surface area contributed by atoms with Crippen molar-refractivity contribution in [3.8, 4) is 11.5 Å². The Morgan fingerprint density at radius 1 is 0.950 bits per heavy atom. The van der Waals surface area contributed by atoms with Crippen LogP contribution in [0.2, 0.25) is 5.02 Å². The molecule has 2 aromatic carbocycles. The van der Waals surface area contributed by atoms with E-state index in [1.54, 1.807) is 36.4 Å². The summed E-state index contributed by atoms with van der Waals surface area (Å²) in [5, 5.41) is 3.64. The number of para-hydroxylation sites is 2. The predicted molar refractivity (Wildman–Crippen MR) is 80.1 cm³/mol. The Kier molecular flexibility index (Phi) is 3.60. The zero-order valence-corrected chi connectivity index (χ0v) is 12.2. The first-order valence-corrected chi connectivity index (χ1v) is 8.57. The van der Waals surface area contributed by atoms with Crippen molar-refractivity contribution in [2.24, 2.45) is 0 Å². The van der Waals surface area contributed by atoms with Gasteiger partial charge < -0.3 is 14.6 Å². The van der Waals surface area contributed by atoms with E-state index in [1.165, 1.54) is 0 Å². The lowest BCUT2D eigenvalue weighted by atomic mass is 10.3. The van der Waals surface area contributed by atoms with Crippen molar-refractivity contribution in [2.75, 3.05) is 17.8 Å². The first-order chi connectivity index (χ1) is 9.65. The lowest BCUT2D eigenvalue weighted by Crippen LogP contribution is -2.09. The fraction of sp³-hybridized carbons (Fsp3) is 0.143. The number of fused-ring (bicyclic) bond motifs is 1. The molecule has 0 unspecified atom stereocenters. The number of anilines is 1. The number of hydrogen-bond donors (Lipinski definition) is 1. The number of nitrogens with one attached hydrogen (secondary N) is 1. The molecule has 1 heterocycles. The van der Waals surface area contributed by atoms with Crippen molar-refractivity contribution >= 4 is 24.6 Å². The third-order valence-corrected chi connectivity index (χ3v) is 4.89. The highest BCUT2D eigenvalue weighted by Gasteiger charge is 2.28. The van der Waals surface area contributed by atoms with Crippen molar-refractivity contribution < 1.29 is 14.0 Å². The fourth-order valence-corrected chi connectivity index (χ4v) is 3.54. The van der Waals surface area contributed by atoms with Gasteiger partial charge in [-0.2, -0.15) is 0 Å². The molecule has 1 aliphatic heterocycles. The number of hydrogen-bond acceptors (Lipinski definition) is 3. The van der Waals surface area contributed by atoms with Gasteiger partial charge in [-0.05, 0) is 36.4 Å². The highest BCUT2D eigenvalue weighted by molar-refractivity contribution is 7.65. The second-order valence-corrected chi connectivity index (χ2v) is 7.46. The predicted octanol–water partition coefficient (Wildman–Crippen LogP) is 4.42. The first-order valence-electron chi connectivity index (χ1n) is 6.11. The maximum Gasteiger partial charge on any atom is 0.241 e. The molecule has 0 fully saturated rings. The quantitative estimate of drug-likeness (QED) is 0.834. The minimum absolute atomic E-state index is 0.0899. The summed E-state index contributed by atoms with van der Waals surface area (Å²) in [6, 6.07) is 14.3. The maximum atomic E-state index is 12.8. The van der Waals surface area contributed by atoms with Crippen molar-refractivity contribution in [1.29, 1.82) is 0 Å². The molecule has 1 N–H and O–H groups in total. The van der Waals surface area contributed by atoms with E-state index < -0.39 is 7.29 Å². The molecule has 0 amide bonds. The smallest absolute Gasteiger partial charge is 0.241 e. The molecule has 1 aliphatic rings. The molecule has 20 heavy (non-hydrogen) atoms. The summed E-state index contributed by atoms with van der Waals surface area (Å²) in [4.78, 5) is 0. The van der Waals surface area contributed by atoms with Gasteiger partial charge in [0.25, 0.3) is 0 Å². The number of rotatable bonds is 2. The number of ether oxygens (including phenoxy) is 2. The Labute approximate surface area is 122 Å². The van der Waals surface area contributed by atoms with E-state index in [4.69, 9.17) is 21.1 Å². The monoisotopic (exact) mass is 309 g/mol. The Hall–Kier alpha value is -1.64. The van der Waals surface area contributed by atoms with Crippen LogP contribution < -0.4 is 14.6 Å². The first kappa shape index (κ1) is 13.3. The molecule has 6 heteroatoms. The fourth-order valence-electron chi connectivity index (χ4n) is 1.90. The van der Waals surface area contributed by atoms with Gasteiger partial charge in [-0.3, -0.25) is 4.57 Å². The molecular weight excluding hydrogens is 297 g/mol. The molecule has 4 nitrogen and oxygen atoms in total. The van der Waals surface area contributed by atoms with Crippen LogP contribution >= 0.6 is 18.9 Å². The van der Waals surface area contributed by atoms with Crippen molar-refractivity contribution in [1.82, 2.24) is 0 Å². The average Bonchev–Trinajstić information content (AvgIpc) is 2.62. The average molecular weight is 310 g/mol. The van der Waals surface area contributed by atoms with Gasteiger partial charge in [0.2, 0.25) is 7.29 Å². The van der Waals surface area contributed by atoms with Gasteiger partial charge >= 0.3 is 0 Å². The molecule has 0 aliphatic carbocycles. The molecule has 2 aromatic rings. The molecule has 0 radical (unpaired) electrons. The third-order valence-electron chi connectivity index (χ3n) is 2.88. The summed E-state index contributed by atoms with van der Waals surface area (Å²) in [5.74, 6) is 1.23. The SMILES string of the molecule is O=P1(Nc2ccc(Cl)cc2)COc2ccccc2OC1. The Bertz CT molecular complexity index is 629. The summed E-state index contributed by atoms with van der Waals surface area (Å²) in [6.45, 7) is 0. The van der Waals surface area contributed by atoms with Crippen molar-refractivity contribution in [2.45, 2.75) is 0 Å². The van der Waals surface area contributed by atoms with Crippen LogP contribution in [-0.4, -0.2) is 12.7 Å². The summed E-state index contributed by atoms with van der Waals surface area (Å²) < 4.78 is 23.9. The standard InChI is InChI=1S/C14H13ClNO3P/c15-11-5-7-12(8-6-11)16-20(17)9-18-13-3-1-2-4-14(13)19-10-20/h1-8H,9-10H2,(H,16,17). The van der Waals surface area contributed by atoms with Crippen LogP contribution in [0.3, 0.4) is 0 Å². The third kappa shape index (κ3) is 2.92. The minimum Gasteiger partial charge on any atom is -0.480 e. The van der Waals surface area contributed by atoms with E-state index in [2.05, 4.69) is 5.09 Å². The molecule has 0 saturated heterocycles. The molecular formula is C14H13ClNO3P. The normalized spacial score (nSPS) is 16.2. The van der Waals surface area contributed by atoms with Crippen LogP contribution in [0.1, 0.15) is 0 Å². The molecule has 104 valence electrons. The van der Waals surface area contributed by atoms with Crippen LogP contribution in [0.5, 0.6) is 11.5 Å². The summed E-state index contributed by atoms with van der Waals surface area (Å²) in [6.07, 6.45) is 0.180. The van der Waals surface area contributed by atoms with Crippen LogP contribution in [-0.2, 0) is 4.57 Å². The summed E-state index contributed by atoms with van der Waals surface area (Å²) in [5.41, 5.74) is 0.732. The van der Waals surface area contributed by atoms with Gasteiger partial charge in [0.05, 0.1) is 0 Å². The van der Waals surface area contributed by atoms with E-state index in [0.29, 0.717) is 16.5 Å². The Morgan fingerprint density at radius 2 is 1.50 bits per heavy atom. The largest absolute Gasteiger partial charge is 0.480 e. The summed E-state index contributed by atoms with van der Waals surface area (Å²) >= 11 is 5.83. The molecule has 0 bridgehead atoms. The highest BCUT2D eigenvalue weighted by atomic mass is 35.5. The van der Waals surface area contributed by atoms with Crippen molar-refractivity contribution in [3.05, 3.63) is 53.6 Å². The lowest BCUT2D eigenvalue weighted by molar-refractivity contribution is 0.355. The summed E-state index contributed by atoms with van der Waals surface area (Å²) in [7, 11) is -2.81. The van der Waals surface area contributed by atoms with E-state index in [1.807, 2.05) is 12.1 Å². The van der Waals surface area contributed by atoms with Gasteiger partial charge in [-0.1, -0.05) is 23.7 Å². The number of halogens is 1. The zero-order valence-electron chi connectivity index (χ0n) is 10.6. The van der Waals surface area contributed by atoms with Crippen LogP contribution in [0.25, 0.3) is 0 Å². The molecule has 3 rings (SSSR count). The molecule has 0 spiro atoms. The number of benzene rings is 2. The second-order valence-electron chi connectivity index (χ2n) is 4.50. The van der Waals surface area contributed by atoms with Gasteiger partial charge in [0.1, 0.15) is 0 Å². The Balaban J connectivity index is 1.77. The van der Waals surface area contributed by atoms with Gasteiger partial charge in [0.15, 0.2) is 24.2 Å². The highest BCUT2D eigenvalue weighted by Crippen LogP contribution is 2.49. The van der Waals surface area contributed by atoms with Crippen LogP contribution in [0.4, 0.5) is 5.69 Å². The Morgan fingerprint density at radius 3 is 2.05 bits per heavy atom. The van der Waals surface area contributed by atoms with Gasteiger partial charge in [-0.15, -0.1) is 0 Å². The van der Waals surface area contributed by atoms with Crippen molar-refractivity contribution in [3.63, 3.8) is 0 Å². The van der Waals surface area contributed by atoms with E-state index in [0.717, 1.165) is 5.69 Å². The molecule has 0 saturated carbocycles.